The van der Waals surface area contributed by atoms with Crippen LogP contribution in [0.2, 0.25) is 0 Å². The summed E-state index contributed by atoms with van der Waals surface area (Å²) >= 11 is 0. The fourth-order valence-electron chi connectivity index (χ4n) is 2.61. The first-order valence-corrected chi connectivity index (χ1v) is 6.81. The van der Waals surface area contributed by atoms with Crippen LogP contribution in [-0.4, -0.2) is 32.8 Å². The molecule has 7 heteroatoms. The van der Waals surface area contributed by atoms with Gasteiger partial charge in [-0.25, -0.2) is 13.9 Å². The average Bonchev–Trinajstić information content (AvgIpc) is 2.71. The molecule has 2 N–H and O–H groups in total. The first-order valence-electron chi connectivity index (χ1n) is 7.31. The Hall–Kier alpha value is -2.18. The number of fused-ring (bicyclic) bond motifs is 1. The molecule has 0 bridgehead atoms. The predicted molar refractivity (Wildman–Crippen MR) is 74.4 cm³/mol. The maximum Gasteiger partial charge on any atom is 0.320 e. The molecular weight excluding hydrogens is 275 g/mol. The van der Waals surface area contributed by atoms with Crippen LogP contribution in [-0.2, 0) is 14.9 Å². The van der Waals surface area contributed by atoms with Gasteiger partial charge in [0.2, 0.25) is 0 Å². The van der Waals surface area contributed by atoms with E-state index in [1.807, 2.05) is 0 Å². The Morgan fingerprint density at radius 3 is 2.95 bits per heavy atom. The summed E-state index contributed by atoms with van der Waals surface area (Å²) in [6, 6.07) is 3.16. The second kappa shape index (κ2) is 4.68. The van der Waals surface area contributed by atoms with E-state index in [0.29, 0.717) is 5.52 Å². The molecule has 6 nitrogen and oxygen atoms in total. The van der Waals surface area contributed by atoms with E-state index in [1.54, 1.807) is 26.0 Å². The van der Waals surface area contributed by atoms with E-state index in [2.05, 4.69) is 10.1 Å². The minimum Gasteiger partial charge on any atom is -0.462 e. The van der Waals surface area contributed by atoms with E-state index in [0.717, 1.165) is 0 Å². The van der Waals surface area contributed by atoms with E-state index < -0.39 is 17.6 Å². The molecule has 0 spiro atoms. The van der Waals surface area contributed by atoms with Crippen LogP contribution in [0.5, 0.6) is 0 Å². The van der Waals surface area contributed by atoms with Gasteiger partial charge in [-0.1, -0.05) is 0 Å². The van der Waals surface area contributed by atoms with Crippen molar-refractivity contribution >= 4 is 17.3 Å². The number of nitrogens with two attached hydrogens (primary N) is 1. The zero-order chi connectivity index (χ0) is 16.1. The number of anilines is 1. The Morgan fingerprint density at radius 2 is 2.33 bits per heavy atom. The molecule has 0 saturated heterocycles. The van der Waals surface area contributed by atoms with Crippen molar-refractivity contribution in [2.24, 2.45) is 0 Å². The van der Waals surface area contributed by atoms with E-state index >= 15 is 0 Å². The van der Waals surface area contributed by atoms with Crippen LogP contribution in [0.1, 0.15) is 33.9 Å². The van der Waals surface area contributed by atoms with Gasteiger partial charge >= 0.3 is 5.97 Å². The summed E-state index contributed by atoms with van der Waals surface area (Å²) in [5, 5.41) is 4.11. The van der Waals surface area contributed by atoms with Crippen LogP contribution in [0, 0.1) is 0 Å². The monoisotopic (exact) mass is 293 g/mol. The quantitative estimate of drug-likeness (QED) is 0.870. The molecule has 2 aromatic heterocycles. The van der Waals surface area contributed by atoms with Gasteiger partial charge in [-0.2, -0.15) is 0 Å². The summed E-state index contributed by atoms with van der Waals surface area (Å²) in [7, 11) is 0. The maximum absolute atomic E-state index is 13.5. The number of imidazole rings is 1. The van der Waals surface area contributed by atoms with Crippen LogP contribution in [0.15, 0.2) is 18.3 Å². The number of aromatic nitrogens is 3. The third-order valence-electron chi connectivity index (χ3n) is 3.63. The third-order valence-corrected chi connectivity index (χ3v) is 3.63. The molecule has 0 atom stereocenters. The number of hydrogen-bond acceptors (Lipinski definition) is 5. The molecule has 0 aromatic carbocycles. The second-order valence-corrected chi connectivity index (χ2v) is 5.64. The molecule has 2 heterocycles. The lowest BCUT2D eigenvalue weighted by Crippen LogP contribution is -2.51. The van der Waals surface area contributed by atoms with Crippen LogP contribution in [0.3, 0.4) is 0 Å². The van der Waals surface area contributed by atoms with E-state index in [9.17, 15) is 9.18 Å². The van der Waals surface area contributed by atoms with E-state index in [4.69, 9.17) is 11.8 Å². The van der Waals surface area contributed by atoms with Crippen molar-refractivity contribution in [3.05, 3.63) is 24.1 Å². The summed E-state index contributed by atoms with van der Waals surface area (Å²) in [6.07, 6.45) is -1.48. The van der Waals surface area contributed by atoms with Crippen molar-refractivity contribution < 1.29 is 15.3 Å². The highest BCUT2D eigenvalue weighted by atomic mass is 19.1. The molecule has 1 saturated carbocycles. The molecule has 1 aliphatic carbocycles. The number of hydrogen-bond donors (Lipinski definition) is 1. The summed E-state index contributed by atoms with van der Waals surface area (Å²) in [6.45, 7) is 3.46. The van der Waals surface area contributed by atoms with Gasteiger partial charge in [-0.15, -0.1) is 5.10 Å². The van der Waals surface area contributed by atoms with Crippen LogP contribution in [0.25, 0.3) is 5.52 Å². The van der Waals surface area contributed by atoms with Gasteiger partial charge in [0.15, 0.2) is 0 Å². The molecule has 0 unspecified atom stereocenters. The second-order valence-electron chi connectivity index (χ2n) is 5.64. The van der Waals surface area contributed by atoms with Crippen LogP contribution >= 0.6 is 0 Å². The molecule has 2 aromatic rings. The summed E-state index contributed by atoms with van der Waals surface area (Å²) in [5.74, 6) is -0.0819. The molecule has 21 heavy (non-hydrogen) atoms. The van der Waals surface area contributed by atoms with Gasteiger partial charge in [-0.3, -0.25) is 4.79 Å². The lowest BCUT2D eigenvalue weighted by atomic mass is 9.66. The molecule has 112 valence electrons. The number of halogens is 1. The molecule has 1 fully saturated rings. The first kappa shape index (κ1) is 12.6. The Kier molecular flexibility index (Phi) is 2.80. The van der Waals surface area contributed by atoms with Crippen molar-refractivity contribution in [2.75, 3.05) is 5.73 Å². The smallest absolute Gasteiger partial charge is 0.320 e. The Bertz CT molecular complexity index is 740. The minimum atomic E-state index is -1.20. The van der Waals surface area contributed by atoms with Gasteiger partial charge in [0.1, 0.15) is 23.2 Å². The molecule has 3 rings (SSSR count). The van der Waals surface area contributed by atoms with Crippen LogP contribution in [0.4, 0.5) is 10.2 Å². The summed E-state index contributed by atoms with van der Waals surface area (Å²) in [5.41, 5.74) is 4.90. The highest BCUT2D eigenvalue weighted by molar-refractivity contribution is 5.84. The van der Waals surface area contributed by atoms with Crippen molar-refractivity contribution in [2.45, 2.75) is 44.4 Å². The number of esters is 1. The van der Waals surface area contributed by atoms with Crippen molar-refractivity contribution in [3.63, 3.8) is 0 Å². The van der Waals surface area contributed by atoms with Gasteiger partial charge in [-0.05, 0) is 26.0 Å². The largest absolute Gasteiger partial charge is 0.462 e. The number of carbonyl (C=O) groups excluding carboxylic acids is 1. The first-order chi connectivity index (χ1) is 10.3. The van der Waals surface area contributed by atoms with Gasteiger partial charge in [0, 0.05) is 12.8 Å². The molecule has 0 radical (unpaired) electrons. The molecule has 0 aliphatic heterocycles. The predicted octanol–water partition coefficient (Wildman–Crippen LogP) is 1.63. The fraction of sp³-hybridized carbons (Fsp3) is 0.500. The SMILES string of the molecule is [2H]c1nc(C2(C(=O)OC(C)C)CC(F)C2)n2nc(N)ccc12. The van der Waals surface area contributed by atoms with E-state index in [1.165, 1.54) is 4.52 Å². The number of alkyl halides is 1. The Morgan fingerprint density at radius 1 is 1.62 bits per heavy atom. The fourth-order valence-corrected chi connectivity index (χ4v) is 2.61. The van der Waals surface area contributed by atoms with Crippen molar-refractivity contribution in [3.8, 4) is 0 Å². The highest BCUT2D eigenvalue weighted by Gasteiger charge is 2.56. The zero-order valence-corrected chi connectivity index (χ0v) is 11.8. The number of carbonyl (C=O) groups is 1. The van der Waals surface area contributed by atoms with E-state index in [-0.39, 0.29) is 36.8 Å². The lowest BCUT2D eigenvalue weighted by Gasteiger charge is -2.40. The number of nitrogen functional groups attached to an aromatic ring is 1. The number of ether oxygens (including phenoxy) is 1. The van der Waals surface area contributed by atoms with Gasteiger partial charge in [0.25, 0.3) is 0 Å². The molecule has 0 amide bonds. The zero-order valence-electron chi connectivity index (χ0n) is 12.8. The maximum atomic E-state index is 13.5. The number of rotatable bonds is 3. The third kappa shape index (κ3) is 2.12. The average molecular weight is 293 g/mol. The Balaban J connectivity index is 2.14. The lowest BCUT2D eigenvalue weighted by molar-refractivity contribution is -0.162. The van der Waals surface area contributed by atoms with Gasteiger partial charge < -0.3 is 10.5 Å². The summed E-state index contributed by atoms with van der Waals surface area (Å²) in [4.78, 5) is 16.6. The minimum absolute atomic E-state index is 0.0203. The standard InChI is InChI=1S/C14H17FN4O2/c1-8(2)21-13(20)14(5-9(15)6-14)12-17-7-10-3-4-11(16)18-19(10)12/h3-4,7-9H,5-6H2,1-2H3,(H2,16,18)/i7D. The highest BCUT2D eigenvalue weighted by Crippen LogP contribution is 2.46. The van der Waals surface area contributed by atoms with Gasteiger partial charge in [0.05, 0.1) is 19.2 Å². The molecule has 1 aliphatic rings. The number of nitrogens with zero attached hydrogens (tertiary/aromatic N) is 3. The van der Waals surface area contributed by atoms with Crippen LogP contribution < -0.4 is 5.73 Å². The van der Waals surface area contributed by atoms with Crippen molar-refractivity contribution in [1.29, 1.82) is 0 Å². The summed E-state index contributed by atoms with van der Waals surface area (Å²) < 4.78 is 28.1. The Labute approximate surface area is 122 Å². The topological polar surface area (TPSA) is 82.5 Å². The normalized spacial score (nSPS) is 25.7. The van der Waals surface area contributed by atoms with Crippen molar-refractivity contribution in [1.82, 2.24) is 14.6 Å². The molecular formula is C14H17FN4O2.